The summed E-state index contributed by atoms with van der Waals surface area (Å²) in [4.78, 5) is 12.4. The van der Waals surface area contributed by atoms with Crippen molar-refractivity contribution in [2.75, 3.05) is 6.61 Å². The van der Waals surface area contributed by atoms with Gasteiger partial charge in [-0.25, -0.2) is 0 Å². The van der Waals surface area contributed by atoms with E-state index in [1.165, 1.54) is 0 Å². The Balaban J connectivity index is 2.24. The first-order valence-electron chi connectivity index (χ1n) is 8.83. The summed E-state index contributed by atoms with van der Waals surface area (Å²) in [5.41, 5.74) is 3.95. The van der Waals surface area contributed by atoms with Crippen LogP contribution in [0.4, 0.5) is 0 Å². The highest BCUT2D eigenvalue weighted by Crippen LogP contribution is 2.27. The van der Waals surface area contributed by atoms with Gasteiger partial charge in [-0.15, -0.1) is 0 Å². The van der Waals surface area contributed by atoms with Crippen LogP contribution in [0.2, 0.25) is 0 Å². The van der Waals surface area contributed by atoms with Crippen LogP contribution in [0.1, 0.15) is 62.0 Å². The molecule has 25 heavy (non-hydrogen) atoms. The molecule has 0 bridgehead atoms. The third-order valence-electron chi connectivity index (χ3n) is 4.74. The number of hydrogen-bond acceptors (Lipinski definition) is 4. The van der Waals surface area contributed by atoms with Gasteiger partial charge < -0.3 is 10.4 Å². The van der Waals surface area contributed by atoms with Crippen molar-refractivity contribution in [3.8, 4) is 11.3 Å². The number of carbonyl (C=O) groups excluding carboxylic acids is 1. The maximum Gasteiger partial charge on any atom is 0.269 e. The third kappa shape index (κ3) is 3.92. The second-order valence-corrected chi connectivity index (χ2v) is 6.90. The van der Waals surface area contributed by atoms with Crippen molar-refractivity contribution in [1.82, 2.24) is 25.3 Å². The van der Waals surface area contributed by atoms with Crippen molar-refractivity contribution in [1.29, 1.82) is 0 Å². The summed E-state index contributed by atoms with van der Waals surface area (Å²) >= 11 is 0. The Morgan fingerprint density at radius 1 is 1.36 bits per heavy atom. The predicted molar refractivity (Wildman–Crippen MR) is 97.5 cm³/mol. The van der Waals surface area contributed by atoms with Gasteiger partial charge in [0.1, 0.15) is 5.69 Å². The zero-order valence-electron chi connectivity index (χ0n) is 15.9. The average molecular weight is 347 g/mol. The van der Waals surface area contributed by atoms with Gasteiger partial charge in [0.15, 0.2) is 0 Å². The van der Waals surface area contributed by atoms with Crippen molar-refractivity contribution < 1.29 is 9.90 Å². The summed E-state index contributed by atoms with van der Waals surface area (Å²) < 4.78 is 1.96. The molecule has 3 N–H and O–H groups in total. The molecule has 7 nitrogen and oxygen atoms in total. The van der Waals surface area contributed by atoms with E-state index in [0.29, 0.717) is 11.4 Å². The van der Waals surface area contributed by atoms with Crippen LogP contribution in [0.15, 0.2) is 6.07 Å². The number of nitrogens with one attached hydrogen (secondary N) is 2. The highest BCUT2D eigenvalue weighted by atomic mass is 16.3. The molecule has 1 amide bonds. The number of aryl methyl sites for hydroxylation is 1. The van der Waals surface area contributed by atoms with Crippen molar-refractivity contribution in [3.05, 3.63) is 23.1 Å². The summed E-state index contributed by atoms with van der Waals surface area (Å²) in [6.45, 7) is 12.1. The van der Waals surface area contributed by atoms with E-state index in [4.69, 9.17) is 0 Å². The lowest BCUT2D eigenvalue weighted by Gasteiger charge is -2.21. The molecule has 0 aliphatic carbocycles. The lowest BCUT2D eigenvalue weighted by molar-refractivity contribution is 0.0886. The standard InChI is InChI=1S/C18H29N5O2/c1-7-11(4)16(9-24)19-18(25)15-8-14(20-21-15)17-12(5)22-23(10(2)3)13(17)6/h8,10-11,16,24H,7,9H2,1-6H3,(H,19,25)(H,20,21)/t11-,16+/m0/s1. The molecule has 2 aromatic heterocycles. The van der Waals surface area contributed by atoms with Gasteiger partial charge in [-0.1, -0.05) is 20.3 Å². The molecule has 0 fully saturated rings. The van der Waals surface area contributed by atoms with E-state index in [1.54, 1.807) is 6.07 Å². The Bertz CT molecular complexity index is 732. The van der Waals surface area contributed by atoms with E-state index in [2.05, 4.69) is 34.5 Å². The van der Waals surface area contributed by atoms with Crippen LogP contribution < -0.4 is 5.32 Å². The van der Waals surface area contributed by atoms with Gasteiger partial charge >= 0.3 is 0 Å². The van der Waals surface area contributed by atoms with E-state index in [0.717, 1.165) is 23.4 Å². The second kappa shape index (κ2) is 7.82. The third-order valence-corrected chi connectivity index (χ3v) is 4.74. The fourth-order valence-electron chi connectivity index (χ4n) is 3.00. The van der Waals surface area contributed by atoms with E-state index in [9.17, 15) is 9.90 Å². The maximum absolute atomic E-state index is 12.4. The monoisotopic (exact) mass is 347 g/mol. The fourth-order valence-corrected chi connectivity index (χ4v) is 3.00. The predicted octanol–water partition coefficient (Wildman–Crippen LogP) is 2.61. The van der Waals surface area contributed by atoms with Gasteiger partial charge in [0, 0.05) is 17.3 Å². The lowest BCUT2D eigenvalue weighted by atomic mass is 10.00. The zero-order chi connectivity index (χ0) is 18.7. The van der Waals surface area contributed by atoms with Gasteiger partial charge in [-0.05, 0) is 39.7 Å². The van der Waals surface area contributed by atoms with Crippen LogP contribution in [0.3, 0.4) is 0 Å². The first-order chi connectivity index (χ1) is 11.8. The summed E-state index contributed by atoms with van der Waals surface area (Å²) in [7, 11) is 0. The van der Waals surface area contributed by atoms with Crippen LogP contribution in [0, 0.1) is 19.8 Å². The maximum atomic E-state index is 12.4. The van der Waals surface area contributed by atoms with Crippen molar-refractivity contribution in [2.45, 2.75) is 60.0 Å². The number of amides is 1. The highest BCUT2D eigenvalue weighted by molar-refractivity contribution is 5.93. The summed E-state index contributed by atoms with van der Waals surface area (Å²) in [5.74, 6) is -0.0604. The van der Waals surface area contributed by atoms with Gasteiger partial charge in [0.05, 0.1) is 24.0 Å². The smallest absolute Gasteiger partial charge is 0.269 e. The molecule has 0 saturated carbocycles. The van der Waals surface area contributed by atoms with Gasteiger partial charge in [0.2, 0.25) is 0 Å². The van der Waals surface area contributed by atoms with E-state index >= 15 is 0 Å². The van der Waals surface area contributed by atoms with Crippen LogP contribution in [0.5, 0.6) is 0 Å². The Morgan fingerprint density at radius 3 is 2.56 bits per heavy atom. The Hall–Kier alpha value is -2.15. The highest BCUT2D eigenvalue weighted by Gasteiger charge is 2.22. The Morgan fingerprint density at radius 2 is 2.04 bits per heavy atom. The quantitative estimate of drug-likeness (QED) is 0.717. The Kier molecular flexibility index (Phi) is 6.00. The number of hydrogen-bond donors (Lipinski definition) is 3. The summed E-state index contributed by atoms with van der Waals surface area (Å²) in [6, 6.07) is 1.73. The molecule has 7 heteroatoms. The normalized spacial score (nSPS) is 13.9. The number of aliphatic hydroxyl groups is 1. The minimum absolute atomic E-state index is 0.0822. The molecule has 0 aromatic carbocycles. The van der Waals surface area contributed by atoms with Crippen molar-refractivity contribution in [2.24, 2.45) is 5.92 Å². The zero-order valence-corrected chi connectivity index (χ0v) is 15.9. The molecular weight excluding hydrogens is 318 g/mol. The molecule has 0 aliphatic heterocycles. The van der Waals surface area contributed by atoms with Gasteiger partial charge in [0.25, 0.3) is 5.91 Å². The van der Waals surface area contributed by atoms with Crippen LogP contribution in [-0.2, 0) is 0 Å². The number of aliphatic hydroxyl groups excluding tert-OH is 1. The minimum Gasteiger partial charge on any atom is -0.394 e. The van der Waals surface area contributed by atoms with E-state index < -0.39 is 0 Å². The van der Waals surface area contributed by atoms with Gasteiger partial charge in [-0.2, -0.15) is 10.2 Å². The van der Waals surface area contributed by atoms with Crippen molar-refractivity contribution >= 4 is 5.91 Å². The number of H-pyrrole nitrogens is 1. The van der Waals surface area contributed by atoms with Crippen LogP contribution in [0.25, 0.3) is 11.3 Å². The summed E-state index contributed by atoms with van der Waals surface area (Å²) in [6.07, 6.45) is 0.881. The molecule has 0 aliphatic rings. The molecular formula is C18H29N5O2. The van der Waals surface area contributed by atoms with E-state index in [1.807, 2.05) is 32.4 Å². The first-order valence-corrected chi connectivity index (χ1v) is 8.83. The van der Waals surface area contributed by atoms with Crippen LogP contribution in [-0.4, -0.2) is 43.6 Å². The average Bonchev–Trinajstić information content (AvgIpc) is 3.16. The number of nitrogens with zero attached hydrogens (tertiary/aromatic N) is 3. The molecule has 0 saturated heterocycles. The number of aromatic nitrogens is 4. The largest absolute Gasteiger partial charge is 0.394 e. The summed E-state index contributed by atoms with van der Waals surface area (Å²) in [5, 5.41) is 24.0. The lowest BCUT2D eigenvalue weighted by Crippen LogP contribution is -2.42. The number of rotatable bonds is 7. The molecule has 2 aromatic rings. The number of aromatic amines is 1. The van der Waals surface area contributed by atoms with E-state index in [-0.39, 0.29) is 30.5 Å². The minimum atomic E-state index is -0.267. The topological polar surface area (TPSA) is 95.8 Å². The SMILES string of the molecule is CC[C@H](C)[C@@H](CO)NC(=O)c1cc(-c2c(C)nn(C(C)C)c2C)n[nH]1. The van der Waals surface area contributed by atoms with Crippen LogP contribution >= 0.6 is 0 Å². The molecule has 0 spiro atoms. The molecule has 0 radical (unpaired) electrons. The van der Waals surface area contributed by atoms with Gasteiger partial charge in [-0.3, -0.25) is 14.6 Å². The van der Waals surface area contributed by atoms with Crippen molar-refractivity contribution in [3.63, 3.8) is 0 Å². The molecule has 0 unspecified atom stereocenters. The fraction of sp³-hybridized carbons (Fsp3) is 0.611. The first kappa shape index (κ1) is 19.2. The number of carbonyl (C=O) groups is 1. The molecule has 138 valence electrons. The molecule has 2 heterocycles. The molecule has 2 atom stereocenters. The molecule has 2 rings (SSSR count). The Labute approximate surface area is 148 Å². The second-order valence-electron chi connectivity index (χ2n) is 6.90.